The molecule has 2 atom stereocenters. The third kappa shape index (κ3) is 2.24. The average molecular weight is 297 g/mol. The summed E-state index contributed by atoms with van der Waals surface area (Å²) in [5.41, 5.74) is -0.272. The Kier molecular flexibility index (Phi) is 3.73. The zero-order chi connectivity index (χ0) is 14.3. The van der Waals surface area contributed by atoms with E-state index < -0.39 is 12.0 Å². The fourth-order valence-electron chi connectivity index (χ4n) is 3.76. The number of nitrogens with zero attached hydrogens (tertiary/aromatic N) is 1. The van der Waals surface area contributed by atoms with Crippen molar-refractivity contribution >= 4 is 23.6 Å². The van der Waals surface area contributed by atoms with Gasteiger partial charge in [-0.15, -0.1) is 11.8 Å². The first-order valence-electron chi connectivity index (χ1n) is 7.76. The molecule has 0 radical (unpaired) electrons. The summed E-state index contributed by atoms with van der Waals surface area (Å²) in [5.74, 6) is 0.385. The van der Waals surface area contributed by atoms with Crippen molar-refractivity contribution in [1.82, 2.24) is 4.90 Å². The van der Waals surface area contributed by atoms with Gasteiger partial charge in [0.2, 0.25) is 5.91 Å². The van der Waals surface area contributed by atoms with Crippen LogP contribution in [0.25, 0.3) is 0 Å². The fourth-order valence-corrected chi connectivity index (χ4v) is 5.39. The molecule has 0 aromatic heterocycles. The van der Waals surface area contributed by atoms with E-state index in [1.807, 2.05) is 0 Å². The normalized spacial score (nSPS) is 32.5. The second kappa shape index (κ2) is 5.24. The molecule has 20 heavy (non-hydrogen) atoms. The van der Waals surface area contributed by atoms with E-state index in [-0.39, 0.29) is 16.7 Å². The van der Waals surface area contributed by atoms with Gasteiger partial charge in [0, 0.05) is 11.2 Å². The molecule has 3 fully saturated rings. The predicted molar refractivity (Wildman–Crippen MR) is 78.4 cm³/mol. The molecule has 4 nitrogen and oxygen atoms in total. The number of carboxylic acid groups (broad SMARTS) is 1. The van der Waals surface area contributed by atoms with E-state index in [9.17, 15) is 14.7 Å². The number of carbonyl (C=O) groups is 2. The Labute approximate surface area is 124 Å². The SMILES string of the molecule is CCC1(C(=O)N2C(C(=O)O)CSC2C2CC2)CCCC1. The molecule has 2 unspecified atom stereocenters. The number of carboxylic acids is 1. The minimum Gasteiger partial charge on any atom is -0.480 e. The molecule has 112 valence electrons. The summed E-state index contributed by atoms with van der Waals surface area (Å²) in [5, 5.41) is 9.56. The molecule has 5 heteroatoms. The standard InChI is InChI=1S/C15H23NO3S/c1-2-15(7-3-4-8-15)14(19)16-11(13(17)18)9-20-12(16)10-5-6-10/h10-12H,2-9H2,1H3,(H,17,18). The zero-order valence-corrected chi connectivity index (χ0v) is 12.8. The van der Waals surface area contributed by atoms with E-state index in [0.29, 0.717) is 11.7 Å². The minimum absolute atomic E-state index is 0.118. The summed E-state index contributed by atoms with van der Waals surface area (Å²) in [6.45, 7) is 2.08. The van der Waals surface area contributed by atoms with Gasteiger partial charge < -0.3 is 10.0 Å². The Morgan fingerprint density at radius 3 is 2.45 bits per heavy atom. The van der Waals surface area contributed by atoms with Crippen LogP contribution in [0, 0.1) is 11.3 Å². The fraction of sp³-hybridized carbons (Fsp3) is 0.867. The topological polar surface area (TPSA) is 57.6 Å². The number of carbonyl (C=O) groups excluding carboxylic acids is 1. The van der Waals surface area contributed by atoms with Crippen LogP contribution in [0.2, 0.25) is 0 Å². The molecule has 1 heterocycles. The summed E-state index contributed by atoms with van der Waals surface area (Å²) in [6.07, 6.45) is 7.22. The highest BCUT2D eigenvalue weighted by Crippen LogP contribution is 2.50. The zero-order valence-electron chi connectivity index (χ0n) is 12.0. The third-order valence-corrected chi connectivity index (χ3v) is 6.73. The van der Waals surface area contributed by atoms with Gasteiger partial charge in [-0.1, -0.05) is 19.8 Å². The van der Waals surface area contributed by atoms with Crippen molar-refractivity contribution in [2.45, 2.75) is 63.3 Å². The number of hydrogen-bond acceptors (Lipinski definition) is 3. The van der Waals surface area contributed by atoms with Crippen LogP contribution in [-0.2, 0) is 9.59 Å². The summed E-state index contributed by atoms with van der Waals surface area (Å²) in [4.78, 5) is 26.4. The van der Waals surface area contributed by atoms with Crippen molar-refractivity contribution in [3.63, 3.8) is 0 Å². The van der Waals surface area contributed by atoms with Crippen LogP contribution in [0.1, 0.15) is 51.9 Å². The van der Waals surface area contributed by atoms with Crippen LogP contribution in [0.5, 0.6) is 0 Å². The van der Waals surface area contributed by atoms with Gasteiger partial charge in [-0.05, 0) is 38.0 Å². The van der Waals surface area contributed by atoms with Crippen LogP contribution in [0.3, 0.4) is 0 Å². The second-order valence-corrected chi connectivity index (χ2v) is 7.62. The number of aliphatic carboxylic acids is 1. The smallest absolute Gasteiger partial charge is 0.327 e. The average Bonchev–Trinajstić information content (AvgIpc) is 3.02. The van der Waals surface area contributed by atoms with Gasteiger partial charge in [0.1, 0.15) is 6.04 Å². The predicted octanol–water partition coefficient (Wildman–Crippen LogP) is 2.72. The van der Waals surface area contributed by atoms with E-state index in [2.05, 4.69) is 6.92 Å². The van der Waals surface area contributed by atoms with Gasteiger partial charge in [-0.3, -0.25) is 4.79 Å². The van der Waals surface area contributed by atoms with E-state index in [4.69, 9.17) is 0 Å². The first-order chi connectivity index (χ1) is 9.59. The Bertz CT molecular complexity index is 415. The maximum Gasteiger partial charge on any atom is 0.327 e. The molecule has 0 aromatic rings. The summed E-state index contributed by atoms with van der Waals surface area (Å²) < 4.78 is 0. The van der Waals surface area contributed by atoms with Crippen molar-refractivity contribution in [2.75, 3.05) is 5.75 Å². The van der Waals surface area contributed by atoms with Crippen LogP contribution in [0.4, 0.5) is 0 Å². The molecule has 3 rings (SSSR count). The third-order valence-electron chi connectivity index (χ3n) is 5.27. The van der Waals surface area contributed by atoms with Crippen molar-refractivity contribution < 1.29 is 14.7 Å². The molecule has 2 aliphatic carbocycles. The highest BCUT2D eigenvalue weighted by atomic mass is 32.2. The monoisotopic (exact) mass is 297 g/mol. The van der Waals surface area contributed by atoms with Crippen molar-refractivity contribution in [3.05, 3.63) is 0 Å². The van der Waals surface area contributed by atoms with Crippen molar-refractivity contribution in [1.29, 1.82) is 0 Å². The largest absolute Gasteiger partial charge is 0.480 e. The van der Waals surface area contributed by atoms with Crippen LogP contribution < -0.4 is 0 Å². The molecular weight excluding hydrogens is 274 g/mol. The van der Waals surface area contributed by atoms with Gasteiger partial charge in [0.15, 0.2) is 0 Å². The highest BCUT2D eigenvalue weighted by Gasteiger charge is 2.53. The molecule has 1 N–H and O–H groups in total. The first kappa shape index (κ1) is 14.2. The number of rotatable bonds is 4. The first-order valence-corrected chi connectivity index (χ1v) is 8.81. The van der Waals surface area contributed by atoms with Gasteiger partial charge in [0.25, 0.3) is 0 Å². The van der Waals surface area contributed by atoms with E-state index in [1.165, 1.54) is 0 Å². The molecule has 0 spiro atoms. The maximum atomic E-state index is 13.1. The lowest BCUT2D eigenvalue weighted by Crippen LogP contribution is -2.52. The van der Waals surface area contributed by atoms with Crippen LogP contribution in [0.15, 0.2) is 0 Å². The van der Waals surface area contributed by atoms with Gasteiger partial charge in [0.05, 0.1) is 5.37 Å². The molecule has 0 aromatic carbocycles. The lowest BCUT2D eigenvalue weighted by Gasteiger charge is -2.36. The van der Waals surface area contributed by atoms with E-state index in [1.54, 1.807) is 16.7 Å². The van der Waals surface area contributed by atoms with Crippen molar-refractivity contribution in [2.24, 2.45) is 11.3 Å². The Hall–Kier alpha value is -0.710. The number of thioether (sulfide) groups is 1. The van der Waals surface area contributed by atoms with E-state index in [0.717, 1.165) is 44.9 Å². The van der Waals surface area contributed by atoms with Crippen LogP contribution in [-0.4, -0.2) is 39.1 Å². The molecule has 2 saturated carbocycles. The molecular formula is C15H23NO3S. The maximum absolute atomic E-state index is 13.1. The lowest BCUT2D eigenvalue weighted by molar-refractivity contribution is -0.154. The van der Waals surface area contributed by atoms with Gasteiger partial charge in [-0.25, -0.2) is 4.79 Å². The molecule has 3 aliphatic rings. The summed E-state index contributed by atoms with van der Waals surface area (Å²) in [6, 6.07) is -0.609. The number of hydrogen-bond donors (Lipinski definition) is 1. The van der Waals surface area contributed by atoms with Gasteiger partial charge in [-0.2, -0.15) is 0 Å². The molecule has 1 aliphatic heterocycles. The Balaban J connectivity index is 1.86. The quantitative estimate of drug-likeness (QED) is 0.867. The summed E-state index contributed by atoms with van der Waals surface area (Å²) in [7, 11) is 0. The van der Waals surface area contributed by atoms with Crippen molar-refractivity contribution in [3.8, 4) is 0 Å². The Morgan fingerprint density at radius 1 is 1.30 bits per heavy atom. The van der Waals surface area contributed by atoms with Crippen LogP contribution >= 0.6 is 11.8 Å². The lowest BCUT2D eigenvalue weighted by atomic mass is 9.81. The molecule has 1 amide bonds. The minimum atomic E-state index is -0.835. The highest BCUT2D eigenvalue weighted by molar-refractivity contribution is 8.00. The molecule has 0 bridgehead atoms. The Morgan fingerprint density at radius 2 is 1.95 bits per heavy atom. The summed E-state index contributed by atoms with van der Waals surface area (Å²) >= 11 is 1.68. The number of amides is 1. The van der Waals surface area contributed by atoms with Gasteiger partial charge >= 0.3 is 5.97 Å². The molecule has 1 saturated heterocycles. The second-order valence-electron chi connectivity index (χ2n) is 6.47. The van der Waals surface area contributed by atoms with E-state index >= 15 is 0 Å².